The van der Waals surface area contributed by atoms with E-state index in [0.29, 0.717) is 30.2 Å². The molecule has 1 aromatic heterocycles. The molecule has 3 rings (SSSR count). The summed E-state index contributed by atoms with van der Waals surface area (Å²) in [7, 11) is 0. The zero-order valence-electron chi connectivity index (χ0n) is 18.9. The Kier molecular flexibility index (Phi) is 6.25. The quantitative estimate of drug-likeness (QED) is 0.536. The smallest absolute Gasteiger partial charge is 0.438 e. The normalized spacial score (nSPS) is 23.5. The van der Waals surface area contributed by atoms with E-state index in [1.807, 2.05) is 26.8 Å². The third kappa shape index (κ3) is 4.72. The summed E-state index contributed by atoms with van der Waals surface area (Å²) in [6.07, 6.45) is -1.96. The second-order valence-corrected chi connectivity index (χ2v) is 8.83. The summed E-state index contributed by atoms with van der Waals surface area (Å²) < 4.78 is 47.5. The van der Waals surface area contributed by atoms with Crippen molar-refractivity contribution in [2.45, 2.75) is 71.6 Å². The number of H-pyrrole nitrogens is 1. The Morgan fingerprint density at radius 3 is 2.62 bits per heavy atom. The van der Waals surface area contributed by atoms with Crippen molar-refractivity contribution in [3.63, 3.8) is 0 Å². The van der Waals surface area contributed by atoms with Gasteiger partial charge in [-0.1, -0.05) is 11.6 Å². The summed E-state index contributed by atoms with van der Waals surface area (Å²) in [5, 5.41) is 11.8. The van der Waals surface area contributed by atoms with Gasteiger partial charge >= 0.3 is 12.5 Å². The fraction of sp³-hybridized carbons (Fsp3) is 0.522. The molecule has 0 unspecified atom stereocenters. The number of carbonyl (C=O) groups excluding carboxylic acids is 1. The molecule has 9 heteroatoms. The molecule has 2 atom stereocenters. The average Bonchev–Trinajstić information content (AvgIpc) is 3.02. The summed E-state index contributed by atoms with van der Waals surface area (Å²) in [6.45, 7) is 9.16. The second kappa shape index (κ2) is 8.35. The molecule has 176 valence electrons. The molecule has 1 saturated heterocycles. The highest BCUT2D eigenvalue weighted by Gasteiger charge is 2.58. The van der Waals surface area contributed by atoms with Crippen LogP contribution >= 0.6 is 0 Å². The SMILES string of the molecule is CC(C)=CCC[C@]1(C)OC(=O)N(CCc2c(C)[nH]c3ccc(OC(F)(F)F)cc23)[C@]1(C)O. The van der Waals surface area contributed by atoms with E-state index >= 15 is 0 Å². The average molecular weight is 454 g/mol. The lowest BCUT2D eigenvalue weighted by molar-refractivity contribution is -0.274. The van der Waals surface area contributed by atoms with E-state index in [1.165, 1.54) is 23.1 Å². The van der Waals surface area contributed by atoms with Crippen LogP contribution in [0.5, 0.6) is 5.75 Å². The molecular formula is C23H29F3N2O4. The number of carbonyl (C=O) groups is 1. The number of aryl methyl sites for hydroxylation is 1. The summed E-state index contributed by atoms with van der Waals surface area (Å²) in [5.74, 6) is -0.315. The monoisotopic (exact) mass is 454 g/mol. The molecule has 0 bridgehead atoms. The first-order valence-corrected chi connectivity index (χ1v) is 10.5. The molecule has 1 aromatic carbocycles. The van der Waals surface area contributed by atoms with Gasteiger partial charge < -0.3 is 19.6 Å². The lowest BCUT2D eigenvalue weighted by Crippen LogP contribution is -2.55. The van der Waals surface area contributed by atoms with Gasteiger partial charge in [0.1, 0.15) is 5.75 Å². The van der Waals surface area contributed by atoms with Gasteiger partial charge in [-0.2, -0.15) is 0 Å². The molecule has 32 heavy (non-hydrogen) atoms. The molecule has 0 aliphatic carbocycles. The number of aliphatic hydroxyl groups is 1. The number of hydrogen-bond donors (Lipinski definition) is 2. The molecule has 0 spiro atoms. The van der Waals surface area contributed by atoms with Crippen molar-refractivity contribution in [1.82, 2.24) is 9.88 Å². The van der Waals surface area contributed by atoms with Crippen LogP contribution in [0.2, 0.25) is 0 Å². The van der Waals surface area contributed by atoms with E-state index in [4.69, 9.17) is 4.74 Å². The van der Waals surface area contributed by atoms with Gasteiger partial charge in [0.25, 0.3) is 0 Å². The number of fused-ring (bicyclic) bond motifs is 1. The van der Waals surface area contributed by atoms with E-state index in [2.05, 4.69) is 9.72 Å². The predicted molar refractivity (Wildman–Crippen MR) is 114 cm³/mol. The molecule has 2 N–H and O–H groups in total. The fourth-order valence-electron chi connectivity index (χ4n) is 4.15. The summed E-state index contributed by atoms with van der Waals surface area (Å²) in [4.78, 5) is 17.0. The van der Waals surface area contributed by atoms with Gasteiger partial charge in [0.2, 0.25) is 0 Å². The minimum absolute atomic E-state index is 0.141. The highest BCUT2D eigenvalue weighted by molar-refractivity contribution is 5.86. The molecule has 6 nitrogen and oxygen atoms in total. The maximum atomic E-state index is 12.6. The number of nitrogens with one attached hydrogen (secondary N) is 1. The van der Waals surface area contributed by atoms with Gasteiger partial charge in [0.05, 0.1) is 0 Å². The minimum Gasteiger partial charge on any atom is -0.438 e. The number of nitrogens with zero attached hydrogens (tertiary/aromatic N) is 1. The highest BCUT2D eigenvalue weighted by Crippen LogP contribution is 2.41. The van der Waals surface area contributed by atoms with E-state index in [0.717, 1.165) is 16.8 Å². The summed E-state index contributed by atoms with van der Waals surface area (Å²) in [5.41, 5.74) is 0.688. The Morgan fingerprint density at radius 2 is 2.00 bits per heavy atom. The highest BCUT2D eigenvalue weighted by atomic mass is 19.4. The topological polar surface area (TPSA) is 74.8 Å². The lowest BCUT2D eigenvalue weighted by atomic mass is 9.88. The van der Waals surface area contributed by atoms with Crippen LogP contribution in [-0.2, 0) is 11.2 Å². The van der Waals surface area contributed by atoms with Crippen molar-refractivity contribution in [3.8, 4) is 5.75 Å². The number of alkyl halides is 3. The molecular weight excluding hydrogens is 425 g/mol. The molecule has 0 saturated carbocycles. The van der Waals surface area contributed by atoms with Crippen LogP contribution in [0.15, 0.2) is 29.8 Å². The van der Waals surface area contributed by atoms with Gasteiger partial charge in [0.15, 0.2) is 11.3 Å². The van der Waals surface area contributed by atoms with E-state index in [9.17, 15) is 23.1 Å². The Bertz CT molecular complexity index is 1040. The van der Waals surface area contributed by atoms with Crippen molar-refractivity contribution in [3.05, 3.63) is 41.1 Å². The second-order valence-electron chi connectivity index (χ2n) is 8.83. The standard InChI is InChI=1S/C23H29F3N2O4/c1-14(2)7-6-11-21(4)22(5,30)28(20(29)32-21)12-10-17-15(3)27-19-9-8-16(13-18(17)19)31-23(24,25)26/h7-9,13,27,30H,6,10-12H2,1-5H3/t21-,22+/m0/s1. The predicted octanol–water partition coefficient (Wildman–Crippen LogP) is 5.58. The van der Waals surface area contributed by atoms with E-state index in [1.54, 1.807) is 13.8 Å². The molecule has 1 fully saturated rings. The van der Waals surface area contributed by atoms with E-state index < -0.39 is 23.8 Å². The fourth-order valence-corrected chi connectivity index (χ4v) is 4.15. The van der Waals surface area contributed by atoms with Gasteiger partial charge in [-0.25, -0.2) is 4.79 Å². The Morgan fingerprint density at radius 1 is 1.31 bits per heavy atom. The number of ether oxygens (including phenoxy) is 2. The first-order chi connectivity index (χ1) is 14.7. The van der Waals surface area contributed by atoms with Crippen LogP contribution in [0, 0.1) is 6.92 Å². The maximum absolute atomic E-state index is 12.6. The zero-order valence-corrected chi connectivity index (χ0v) is 18.9. The molecule has 2 aromatic rings. The van der Waals surface area contributed by atoms with Crippen LogP contribution in [0.3, 0.4) is 0 Å². The van der Waals surface area contributed by atoms with Gasteiger partial charge in [-0.15, -0.1) is 13.2 Å². The molecule has 2 heterocycles. The maximum Gasteiger partial charge on any atom is 0.573 e. The third-order valence-electron chi connectivity index (χ3n) is 6.14. The zero-order chi connectivity index (χ0) is 23.9. The largest absolute Gasteiger partial charge is 0.573 e. The Balaban J connectivity index is 1.81. The summed E-state index contributed by atoms with van der Waals surface area (Å²) >= 11 is 0. The Labute approximate surface area is 185 Å². The number of benzene rings is 1. The molecule has 1 aliphatic rings. The van der Waals surface area contributed by atoms with Crippen molar-refractivity contribution >= 4 is 17.0 Å². The summed E-state index contributed by atoms with van der Waals surface area (Å²) in [6, 6.07) is 4.09. The Hall–Kier alpha value is -2.68. The molecule has 1 amide bonds. The van der Waals surface area contributed by atoms with E-state index in [-0.39, 0.29) is 12.3 Å². The van der Waals surface area contributed by atoms with Gasteiger partial charge in [0, 0.05) is 23.1 Å². The lowest BCUT2D eigenvalue weighted by Gasteiger charge is -2.37. The number of hydrogen-bond acceptors (Lipinski definition) is 4. The number of allylic oxidation sites excluding steroid dienone is 2. The number of aromatic amines is 1. The van der Waals surface area contributed by atoms with Crippen LogP contribution in [-0.4, -0.2) is 45.3 Å². The number of amides is 1. The van der Waals surface area contributed by atoms with Crippen molar-refractivity contribution in [1.29, 1.82) is 0 Å². The van der Waals surface area contributed by atoms with Crippen molar-refractivity contribution in [2.24, 2.45) is 0 Å². The first kappa shape index (κ1) is 24.0. The van der Waals surface area contributed by atoms with Crippen LogP contribution < -0.4 is 4.74 Å². The number of cyclic esters (lactones) is 1. The van der Waals surface area contributed by atoms with Crippen molar-refractivity contribution < 1.29 is 32.5 Å². The van der Waals surface area contributed by atoms with Crippen molar-refractivity contribution in [2.75, 3.05) is 6.54 Å². The van der Waals surface area contributed by atoms with Gasteiger partial charge in [-0.3, -0.25) is 4.90 Å². The molecule has 0 radical (unpaired) electrons. The molecule has 1 aliphatic heterocycles. The van der Waals surface area contributed by atoms with Crippen LogP contribution in [0.25, 0.3) is 10.9 Å². The van der Waals surface area contributed by atoms with Gasteiger partial charge in [-0.05, 0) is 77.6 Å². The third-order valence-corrected chi connectivity index (χ3v) is 6.14. The van der Waals surface area contributed by atoms with Crippen LogP contribution in [0.1, 0.15) is 51.8 Å². The first-order valence-electron chi connectivity index (χ1n) is 10.5. The minimum atomic E-state index is -4.78. The van der Waals surface area contributed by atoms with Crippen LogP contribution in [0.4, 0.5) is 18.0 Å². The number of halogens is 3. The number of rotatable bonds is 7. The number of aromatic nitrogens is 1.